The molecule has 0 saturated carbocycles. The Morgan fingerprint density at radius 2 is 2.00 bits per heavy atom. The molecule has 1 amide bonds. The van der Waals surface area contributed by atoms with E-state index >= 15 is 0 Å². The van der Waals surface area contributed by atoms with Gasteiger partial charge in [0.25, 0.3) is 5.91 Å². The van der Waals surface area contributed by atoms with Crippen molar-refractivity contribution in [3.8, 4) is 0 Å². The minimum Gasteiger partial charge on any atom is -0.379 e. The van der Waals surface area contributed by atoms with Crippen molar-refractivity contribution in [1.29, 1.82) is 0 Å². The summed E-state index contributed by atoms with van der Waals surface area (Å²) < 4.78 is 33.4. The van der Waals surface area contributed by atoms with Crippen molar-refractivity contribution in [1.82, 2.24) is 9.88 Å². The molecule has 2 heterocycles. The Morgan fingerprint density at radius 3 is 2.74 bits per heavy atom. The molecule has 0 bridgehead atoms. The van der Waals surface area contributed by atoms with E-state index in [1.807, 2.05) is 13.0 Å². The number of aryl methyl sites for hydroxylation is 1. The molecule has 0 N–H and O–H groups in total. The summed E-state index contributed by atoms with van der Waals surface area (Å²) in [6, 6.07) is 6.88. The van der Waals surface area contributed by atoms with E-state index in [-0.39, 0.29) is 5.56 Å². The maximum atomic E-state index is 13.8. The van der Waals surface area contributed by atoms with E-state index in [2.05, 4.69) is 9.88 Å². The van der Waals surface area contributed by atoms with E-state index in [0.717, 1.165) is 47.5 Å². The maximum absolute atomic E-state index is 13.8. The average molecular weight is 466 g/mol. The Hall–Kier alpha value is -2.13. The summed E-state index contributed by atoms with van der Waals surface area (Å²) in [6.07, 6.45) is 0.713. The molecule has 0 aliphatic carbocycles. The number of carbonyl (C=O) groups is 1. The number of thiazole rings is 1. The lowest BCUT2D eigenvalue weighted by Crippen LogP contribution is -2.39. The van der Waals surface area contributed by atoms with Gasteiger partial charge in [0.05, 0.1) is 23.4 Å². The maximum Gasteiger partial charge on any atom is 0.260 e. The summed E-state index contributed by atoms with van der Waals surface area (Å²) in [5, 5.41) is 1.12. The summed E-state index contributed by atoms with van der Waals surface area (Å²) >= 11 is 7.61. The number of fused-ring (bicyclic) bond motifs is 1. The highest BCUT2D eigenvalue weighted by Crippen LogP contribution is 2.34. The van der Waals surface area contributed by atoms with Crippen LogP contribution in [-0.4, -0.2) is 55.2 Å². The van der Waals surface area contributed by atoms with E-state index in [9.17, 15) is 13.6 Å². The van der Waals surface area contributed by atoms with Gasteiger partial charge in [-0.05, 0) is 49.2 Å². The van der Waals surface area contributed by atoms with Crippen LogP contribution in [0, 0.1) is 18.6 Å². The van der Waals surface area contributed by atoms with Gasteiger partial charge in [0, 0.05) is 36.8 Å². The number of nitrogens with zero attached hydrogens (tertiary/aromatic N) is 3. The van der Waals surface area contributed by atoms with Gasteiger partial charge in [-0.15, -0.1) is 0 Å². The molecule has 164 valence electrons. The summed E-state index contributed by atoms with van der Waals surface area (Å²) in [7, 11) is 0. The van der Waals surface area contributed by atoms with Crippen LogP contribution in [0.25, 0.3) is 10.2 Å². The van der Waals surface area contributed by atoms with Gasteiger partial charge in [-0.25, -0.2) is 13.8 Å². The van der Waals surface area contributed by atoms with Crippen LogP contribution < -0.4 is 4.90 Å². The molecule has 0 unspecified atom stereocenters. The SMILES string of the molecule is Cc1c(Cl)ccc2sc(N(CCCN3CCOCC3)C(=O)c3ccc(F)c(F)c3)nc12. The summed E-state index contributed by atoms with van der Waals surface area (Å²) in [6.45, 7) is 6.22. The number of hydrogen-bond acceptors (Lipinski definition) is 5. The van der Waals surface area contributed by atoms with Gasteiger partial charge >= 0.3 is 0 Å². The number of aromatic nitrogens is 1. The predicted octanol–water partition coefficient (Wildman–Crippen LogP) is 4.91. The highest BCUT2D eigenvalue weighted by molar-refractivity contribution is 7.22. The van der Waals surface area contributed by atoms with Gasteiger partial charge in [0.15, 0.2) is 16.8 Å². The van der Waals surface area contributed by atoms with Gasteiger partial charge in [-0.1, -0.05) is 22.9 Å². The molecule has 31 heavy (non-hydrogen) atoms. The number of carbonyl (C=O) groups excluding carboxylic acids is 1. The molecule has 4 rings (SSSR count). The van der Waals surface area contributed by atoms with Gasteiger partial charge in [0.2, 0.25) is 0 Å². The number of benzene rings is 2. The third kappa shape index (κ3) is 4.87. The molecular weight excluding hydrogens is 444 g/mol. The molecule has 0 spiro atoms. The number of morpholine rings is 1. The van der Waals surface area contributed by atoms with Gasteiger partial charge in [-0.3, -0.25) is 14.6 Å². The van der Waals surface area contributed by atoms with Crippen LogP contribution in [0.2, 0.25) is 5.02 Å². The molecule has 1 aliphatic rings. The largest absolute Gasteiger partial charge is 0.379 e. The molecule has 9 heteroatoms. The lowest BCUT2D eigenvalue weighted by atomic mass is 10.2. The predicted molar refractivity (Wildman–Crippen MR) is 119 cm³/mol. The van der Waals surface area contributed by atoms with Crippen LogP contribution in [0.5, 0.6) is 0 Å². The number of hydrogen-bond donors (Lipinski definition) is 0. The molecule has 0 atom stereocenters. The van der Waals surface area contributed by atoms with Crippen molar-refractivity contribution in [2.75, 3.05) is 44.3 Å². The first-order chi connectivity index (χ1) is 14.9. The smallest absolute Gasteiger partial charge is 0.260 e. The van der Waals surface area contributed by atoms with Crippen LogP contribution in [0.15, 0.2) is 30.3 Å². The standard InChI is InChI=1S/C22H22ClF2N3O2S/c1-14-16(23)4-6-19-20(14)26-22(31-19)28(8-2-7-27-9-11-30-12-10-27)21(29)15-3-5-17(24)18(25)13-15/h3-6,13H,2,7-12H2,1H3. The van der Waals surface area contributed by atoms with Crippen molar-refractivity contribution in [2.24, 2.45) is 0 Å². The van der Waals surface area contributed by atoms with Crippen LogP contribution in [0.1, 0.15) is 22.3 Å². The van der Waals surface area contributed by atoms with Crippen LogP contribution in [0.4, 0.5) is 13.9 Å². The fraction of sp³-hybridized carbons (Fsp3) is 0.364. The molecule has 2 aromatic carbocycles. The summed E-state index contributed by atoms with van der Waals surface area (Å²) in [5.74, 6) is -2.45. The molecule has 0 radical (unpaired) electrons. The molecule has 5 nitrogen and oxygen atoms in total. The Balaban J connectivity index is 1.62. The monoisotopic (exact) mass is 465 g/mol. The number of amides is 1. The molecular formula is C22H22ClF2N3O2S. The fourth-order valence-electron chi connectivity index (χ4n) is 3.55. The summed E-state index contributed by atoms with van der Waals surface area (Å²) in [4.78, 5) is 21.8. The zero-order chi connectivity index (χ0) is 22.0. The summed E-state index contributed by atoms with van der Waals surface area (Å²) in [5.41, 5.74) is 1.67. The first-order valence-electron chi connectivity index (χ1n) is 10.1. The Morgan fingerprint density at radius 1 is 1.23 bits per heavy atom. The van der Waals surface area contributed by atoms with Crippen LogP contribution in [0.3, 0.4) is 0 Å². The number of ether oxygens (including phenoxy) is 1. The minimum absolute atomic E-state index is 0.0827. The van der Waals surface area contributed by atoms with Crippen molar-refractivity contribution in [3.63, 3.8) is 0 Å². The van der Waals surface area contributed by atoms with Crippen molar-refractivity contribution < 1.29 is 18.3 Å². The van der Waals surface area contributed by atoms with E-state index in [1.165, 1.54) is 17.4 Å². The van der Waals surface area contributed by atoms with E-state index < -0.39 is 17.5 Å². The fourth-order valence-corrected chi connectivity index (χ4v) is 4.75. The Bertz CT molecular complexity index is 1100. The van der Waals surface area contributed by atoms with Gasteiger partial charge in [-0.2, -0.15) is 0 Å². The molecule has 1 aliphatic heterocycles. The zero-order valence-corrected chi connectivity index (χ0v) is 18.6. The third-order valence-corrected chi connectivity index (χ3v) is 6.79. The van der Waals surface area contributed by atoms with Gasteiger partial charge < -0.3 is 4.74 Å². The molecule has 1 saturated heterocycles. The second kappa shape index (κ2) is 9.56. The Kier molecular flexibility index (Phi) is 6.81. The molecule has 1 fully saturated rings. The van der Waals surface area contributed by atoms with Crippen molar-refractivity contribution in [3.05, 3.63) is 58.1 Å². The van der Waals surface area contributed by atoms with Gasteiger partial charge in [0.1, 0.15) is 0 Å². The topological polar surface area (TPSA) is 45.7 Å². The van der Waals surface area contributed by atoms with Crippen LogP contribution in [-0.2, 0) is 4.74 Å². The lowest BCUT2D eigenvalue weighted by molar-refractivity contribution is 0.0376. The first kappa shape index (κ1) is 22.1. The third-order valence-electron chi connectivity index (χ3n) is 5.34. The average Bonchev–Trinajstić information content (AvgIpc) is 3.21. The lowest BCUT2D eigenvalue weighted by Gasteiger charge is -2.27. The quantitative estimate of drug-likeness (QED) is 0.519. The number of rotatable bonds is 6. The minimum atomic E-state index is -1.05. The number of anilines is 1. The van der Waals surface area contributed by atoms with E-state index in [0.29, 0.717) is 36.3 Å². The van der Waals surface area contributed by atoms with Crippen molar-refractivity contribution in [2.45, 2.75) is 13.3 Å². The second-order valence-electron chi connectivity index (χ2n) is 7.41. The van der Waals surface area contributed by atoms with Crippen molar-refractivity contribution >= 4 is 44.2 Å². The Labute approximate surface area is 188 Å². The zero-order valence-electron chi connectivity index (χ0n) is 17.0. The normalized spacial score (nSPS) is 14.8. The van der Waals surface area contributed by atoms with E-state index in [1.54, 1.807) is 11.0 Å². The highest BCUT2D eigenvalue weighted by atomic mass is 35.5. The first-order valence-corrected chi connectivity index (χ1v) is 11.3. The molecule has 1 aromatic heterocycles. The van der Waals surface area contributed by atoms with E-state index in [4.69, 9.17) is 16.3 Å². The highest BCUT2D eigenvalue weighted by Gasteiger charge is 2.23. The van der Waals surface area contributed by atoms with Crippen LogP contribution >= 0.6 is 22.9 Å². The number of halogens is 3. The molecule has 3 aromatic rings. The second-order valence-corrected chi connectivity index (χ2v) is 8.83.